The van der Waals surface area contributed by atoms with Gasteiger partial charge in [-0.05, 0) is 26.0 Å². The first-order valence-electron chi connectivity index (χ1n) is 8.76. The number of amides is 1. The van der Waals surface area contributed by atoms with Crippen LogP contribution in [-0.4, -0.2) is 20.4 Å². The van der Waals surface area contributed by atoms with Crippen molar-refractivity contribution in [2.75, 3.05) is 0 Å². The van der Waals surface area contributed by atoms with Gasteiger partial charge in [-0.1, -0.05) is 0 Å². The molecule has 152 valence electrons. The molecule has 6 nitrogen and oxygen atoms in total. The molecule has 2 N–H and O–H groups in total. The lowest BCUT2D eigenvalue weighted by molar-refractivity contribution is -0.138. The third-order valence-corrected chi connectivity index (χ3v) is 5.14. The normalized spacial score (nSPS) is 17.5. The molecule has 0 saturated heterocycles. The van der Waals surface area contributed by atoms with Gasteiger partial charge in [-0.2, -0.15) is 13.2 Å². The van der Waals surface area contributed by atoms with Crippen molar-refractivity contribution in [1.29, 1.82) is 0 Å². The number of nitrogens with two attached hydrogens (primary N) is 1. The van der Waals surface area contributed by atoms with Gasteiger partial charge in [0.1, 0.15) is 11.5 Å². The van der Waals surface area contributed by atoms with Crippen LogP contribution < -0.4 is 5.73 Å². The van der Waals surface area contributed by atoms with E-state index in [0.717, 1.165) is 11.1 Å². The number of halogens is 4. The summed E-state index contributed by atoms with van der Waals surface area (Å²) in [6.07, 6.45) is -2.71. The number of carbonyl (C=O) groups is 1. The van der Waals surface area contributed by atoms with Crippen LogP contribution in [0.5, 0.6) is 0 Å². The summed E-state index contributed by atoms with van der Waals surface area (Å²) >= 11 is 0. The molecule has 0 aliphatic carbocycles. The Hall–Kier alpha value is -3.01. The molecule has 4 heterocycles. The quantitative estimate of drug-likeness (QED) is 0.667. The van der Waals surface area contributed by atoms with E-state index in [1.807, 2.05) is 6.92 Å². The number of primary amides is 1. The van der Waals surface area contributed by atoms with E-state index in [-0.39, 0.29) is 24.1 Å². The van der Waals surface area contributed by atoms with Crippen molar-refractivity contribution in [2.24, 2.45) is 5.73 Å². The number of hydrogen-bond donors (Lipinski definition) is 1. The van der Waals surface area contributed by atoms with Crippen LogP contribution in [-0.2, 0) is 17.5 Å². The van der Waals surface area contributed by atoms with Crippen LogP contribution >= 0.6 is 0 Å². The lowest BCUT2D eigenvalue weighted by Crippen LogP contribution is -2.21. The Morgan fingerprint density at radius 2 is 2.03 bits per heavy atom. The Kier molecular flexibility index (Phi) is 4.34. The third-order valence-electron chi connectivity index (χ3n) is 5.14. The minimum absolute atomic E-state index is 0.0500. The van der Waals surface area contributed by atoms with Crippen LogP contribution in [0.2, 0.25) is 0 Å². The summed E-state index contributed by atoms with van der Waals surface area (Å²) < 4.78 is 60.2. The molecule has 4 rings (SSSR count). The molecule has 0 saturated carbocycles. The summed E-state index contributed by atoms with van der Waals surface area (Å²) in [5, 5.41) is 0. The van der Waals surface area contributed by atoms with Crippen molar-refractivity contribution in [3.05, 3.63) is 58.4 Å². The molecule has 10 heteroatoms. The van der Waals surface area contributed by atoms with Gasteiger partial charge < -0.3 is 15.0 Å². The molecular weight excluding hydrogens is 392 g/mol. The smallest absolute Gasteiger partial charge is 0.369 e. The Balaban J connectivity index is 1.93. The number of alkyl halides is 3. The zero-order chi connectivity index (χ0) is 21.1. The maximum Gasteiger partial charge on any atom is 0.417 e. The molecule has 1 amide bonds. The first kappa shape index (κ1) is 19.3. The van der Waals surface area contributed by atoms with E-state index in [9.17, 15) is 22.4 Å². The molecular formula is C19H16F4N4O2. The summed E-state index contributed by atoms with van der Waals surface area (Å²) in [5.74, 6) is -1.90. The highest BCUT2D eigenvalue weighted by Gasteiger charge is 2.33. The third kappa shape index (κ3) is 3.03. The van der Waals surface area contributed by atoms with Crippen molar-refractivity contribution < 1.29 is 27.1 Å². The molecule has 0 radical (unpaired) electrons. The van der Waals surface area contributed by atoms with Crippen molar-refractivity contribution >= 4 is 16.9 Å². The molecule has 0 bridgehead atoms. The van der Waals surface area contributed by atoms with E-state index in [1.54, 1.807) is 6.20 Å². The number of nitrogens with zero attached hydrogens (tertiary/aromatic N) is 3. The molecule has 2 atom stereocenters. The number of rotatable bonds is 3. The maximum absolute atomic E-state index is 14.6. The molecule has 3 aromatic rings. The number of hydrogen-bond acceptors (Lipinski definition) is 4. The highest BCUT2D eigenvalue weighted by atomic mass is 19.4. The molecule has 29 heavy (non-hydrogen) atoms. The molecule has 1 unspecified atom stereocenters. The second kappa shape index (κ2) is 6.51. The fourth-order valence-electron chi connectivity index (χ4n) is 3.69. The van der Waals surface area contributed by atoms with Crippen LogP contribution in [0.15, 0.2) is 24.5 Å². The van der Waals surface area contributed by atoms with Crippen LogP contribution in [0.1, 0.15) is 58.9 Å². The summed E-state index contributed by atoms with van der Waals surface area (Å²) in [7, 11) is 0. The van der Waals surface area contributed by atoms with Gasteiger partial charge in [-0.25, -0.2) is 4.39 Å². The zero-order valence-corrected chi connectivity index (χ0v) is 15.4. The summed E-state index contributed by atoms with van der Waals surface area (Å²) in [6, 6.07) is 0.948. The molecule has 3 aromatic heterocycles. The van der Waals surface area contributed by atoms with Crippen molar-refractivity contribution in [3.8, 4) is 0 Å². The van der Waals surface area contributed by atoms with Crippen LogP contribution in [0.25, 0.3) is 11.0 Å². The SMILES string of the molecule is CC1OCc2c1cnc1cc(C(N)=O)n([C@H](C)c3ncc(C(F)(F)F)cc3F)c21. The average Bonchev–Trinajstić information content (AvgIpc) is 3.21. The van der Waals surface area contributed by atoms with Gasteiger partial charge in [0.2, 0.25) is 0 Å². The topological polar surface area (TPSA) is 83.0 Å². The number of ether oxygens (including phenoxy) is 1. The molecule has 1 aliphatic rings. The first-order valence-corrected chi connectivity index (χ1v) is 8.76. The van der Waals surface area contributed by atoms with E-state index in [4.69, 9.17) is 10.5 Å². The Morgan fingerprint density at radius 3 is 2.66 bits per heavy atom. The number of fused-ring (bicyclic) bond motifs is 3. The maximum atomic E-state index is 14.6. The van der Waals surface area contributed by atoms with Gasteiger partial charge in [0, 0.05) is 23.5 Å². The number of aromatic nitrogens is 3. The monoisotopic (exact) mass is 408 g/mol. The van der Waals surface area contributed by atoms with Gasteiger partial charge in [0.15, 0.2) is 0 Å². The Labute approximate surface area is 162 Å². The molecule has 0 fully saturated rings. The fraction of sp³-hybridized carbons (Fsp3) is 0.316. The highest BCUT2D eigenvalue weighted by molar-refractivity contribution is 5.98. The average molecular weight is 408 g/mol. The summed E-state index contributed by atoms with van der Waals surface area (Å²) in [5.41, 5.74) is 6.68. The van der Waals surface area contributed by atoms with Crippen molar-refractivity contribution in [2.45, 2.75) is 38.8 Å². The van der Waals surface area contributed by atoms with Gasteiger partial charge >= 0.3 is 6.18 Å². The molecule has 0 spiro atoms. The van der Waals surface area contributed by atoms with Gasteiger partial charge in [-0.15, -0.1) is 0 Å². The first-order chi connectivity index (χ1) is 13.6. The van der Waals surface area contributed by atoms with E-state index in [2.05, 4.69) is 9.97 Å². The lowest BCUT2D eigenvalue weighted by atomic mass is 10.1. The summed E-state index contributed by atoms with van der Waals surface area (Å²) in [4.78, 5) is 20.1. The Bertz CT molecular complexity index is 1140. The number of pyridine rings is 2. The van der Waals surface area contributed by atoms with E-state index < -0.39 is 29.5 Å². The second-order valence-corrected chi connectivity index (χ2v) is 6.91. The Morgan fingerprint density at radius 1 is 1.31 bits per heavy atom. The lowest BCUT2D eigenvalue weighted by Gasteiger charge is -2.19. The predicted octanol–water partition coefficient (Wildman–Crippen LogP) is 3.89. The second-order valence-electron chi connectivity index (χ2n) is 6.91. The van der Waals surface area contributed by atoms with E-state index in [1.165, 1.54) is 17.6 Å². The number of carbonyl (C=O) groups excluding carboxylic acids is 1. The van der Waals surface area contributed by atoms with Crippen molar-refractivity contribution in [3.63, 3.8) is 0 Å². The minimum atomic E-state index is -4.72. The summed E-state index contributed by atoms with van der Waals surface area (Å²) in [6.45, 7) is 3.64. The van der Waals surface area contributed by atoms with E-state index >= 15 is 0 Å². The van der Waals surface area contributed by atoms with Gasteiger partial charge in [0.25, 0.3) is 5.91 Å². The predicted molar refractivity (Wildman–Crippen MR) is 94.5 cm³/mol. The van der Waals surface area contributed by atoms with Crippen LogP contribution in [0.4, 0.5) is 17.6 Å². The van der Waals surface area contributed by atoms with E-state index in [0.29, 0.717) is 23.3 Å². The largest absolute Gasteiger partial charge is 0.417 e. The zero-order valence-electron chi connectivity index (χ0n) is 15.4. The molecule has 0 aromatic carbocycles. The minimum Gasteiger partial charge on any atom is -0.369 e. The fourth-order valence-corrected chi connectivity index (χ4v) is 3.69. The highest BCUT2D eigenvalue weighted by Crippen LogP contribution is 2.38. The van der Waals surface area contributed by atoms with Crippen molar-refractivity contribution in [1.82, 2.24) is 14.5 Å². The van der Waals surface area contributed by atoms with Crippen LogP contribution in [0.3, 0.4) is 0 Å². The van der Waals surface area contributed by atoms with Gasteiger partial charge in [-0.3, -0.25) is 14.8 Å². The van der Waals surface area contributed by atoms with Gasteiger partial charge in [0.05, 0.1) is 41.0 Å². The van der Waals surface area contributed by atoms with Crippen LogP contribution in [0, 0.1) is 5.82 Å². The standard InChI is InChI=1S/C19H16F4N4O2/c1-8(16-13(20)3-10(5-26-16)19(21,22)23)27-15(18(24)28)4-14-17(27)12-7-29-9(2)11(12)6-25-14/h3-6,8-9H,7H2,1-2H3,(H2,24,28)/t8-,9?/m1/s1. The molecule has 1 aliphatic heterocycles.